The van der Waals surface area contributed by atoms with Crippen molar-refractivity contribution in [1.82, 2.24) is 5.32 Å². The molecule has 114 valence electrons. The molecule has 0 spiro atoms. The first kappa shape index (κ1) is 16.0. The largest absolute Gasteiger partial charge is 0.478 e. The number of halogens is 1. The van der Waals surface area contributed by atoms with Gasteiger partial charge >= 0.3 is 12.0 Å². The number of rotatable bonds is 4. The van der Waals surface area contributed by atoms with Crippen LogP contribution in [0.25, 0.3) is 0 Å². The summed E-state index contributed by atoms with van der Waals surface area (Å²) < 4.78 is 0. The van der Waals surface area contributed by atoms with Gasteiger partial charge in [0.15, 0.2) is 0 Å². The molecule has 0 saturated carbocycles. The van der Waals surface area contributed by atoms with Gasteiger partial charge in [-0.15, -0.1) is 0 Å². The van der Waals surface area contributed by atoms with Gasteiger partial charge in [0.05, 0.1) is 5.56 Å². The lowest BCUT2D eigenvalue weighted by Crippen LogP contribution is -2.35. The number of carboxylic acids is 1. The number of anilines is 1. The number of carboxylic acid groups (broad SMARTS) is 1. The summed E-state index contributed by atoms with van der Waals surface area (Å²) in [5.41, 5.74) is 0.411. The monoisotopic (exact) mass is 328 g/mol. The Morgan fingerprint density at radius 3 is 2.81 bits per heavy atom. The SMILES string of the molecule is O=C(NCC1CCCCS1)Nc1cc(Cl)cc(C(=O)O)c1. The zero-order valence-corrected chi connectivity index (χ0v) is 13.0. The maximum absolute atomic E-state index is 11.8. The molecule has 1 saturated heterocycles. The number of urea groups is 1. The van der Waals surface area contributed by atoms with Crippen molar-refractivity contribution >= 4 is 41.1 Å². The summed E-state index contributed by atoms with van der Waals surface area (Å²) in [6.07, 6.45) is 3.57. The highest BCUT2D eigenvalue weighted by molar-refractivity contribution is 7.99. The molecule has 3 N–H and O–H groups in total. The highest BCUT2D eigenvalue weighted by atomic mass is 35.5. The molecule has 1 aromatic carbocycles. The number of aromatic carboxylic acids is 1. The first-order valence-corrected chi connectivity index (χ1v) is 8.17. The Morgan fingerprint density at radius 2 is 2.14 bits per heavy atom. The van der Waals surface area contributed by atoms with Crippen LogP contribution in [0.1, 0.15) is 29.6 Å². The topological polar surface area (TPSA) is 78.4 Å². The molecule has 1 heterocycles. The molecule has 0 aliphatic carbocycles. The Bertz CT molecular complexity index is 533. The minimum atomic E-state index is -1.08. The van der Waals surface area contributed by atoms with Gasteiger partial charge in [-0.05, 0) is 36.8 Å². The normalized spacial score (nSPS) is 18.0. The minimum Gasteiger partial charge on any atom is -0.478 e. The molecule has 5 nitrogen and oxygen atoms in total. The van der Waals surface area contributed by atoms with Crippen molar-refractivity contribution in [1.29, 1.82) is 0 Å². The molecule has 2 rings (SSSR count). The maximum atomic E-state index is 11.8. The quantitative estimate of drug-likeness (QED) is 0.791. The fourth-order valence-corrected chi connectivity index (χ4v) is 3.61. The third kappa shape index (κ3) is 5.13. The second-order valence-electron chi connectivity index (χ2n) is 4.86. The average Bonchev–Trinajstić information content (AvgIpc) is 2.45. The number of nitrogens with one attached hydrogen (secondary N) is 2. The van der Waals surface area contributed by atoms with Gasteiger partial charge in [-0.3, -0.25) is 0 Å². The van der Waals surface area contributed by atoms with Gasteiger partial charge in [0.2, 0.25) is 0 Å². The predicted molar refractivity (Wildman–Crippen MR) is 85.5 cm³/mol. The van der Waals surface area contributed by atoms with Crippen molar-refractivity contribution in [2.24, 2.45) is 0 Å². The van der Waals surface area contributed by atoms with Crippen molar-refractivity contribution in [2.75, 3.05) is 17.6 Å². The maximum Gasteiger partial charge on any atom is 0.335 e. The van der Waals surface area contributed by atoms with E-state index in [0.717, 1.165) is 12.2 Å². The average molecular weight is 329 g/mol. The zero-order chi connectivity index (χ0) is 15.2. The number of carbonyl (C=O) groups is 2. The molecule has 1 aliphatic heterocycles. The van der Waals surface area contributed by atoms with Crippen LogP contribution in [0.4, 0.5) is 10.5 Å². The van der Waals surface area contributed by atoms with Gasteiger partial charge in [0.25, 0.3) is 0 Å². The predicted octanol–water partition coefficient (Wildman–Crippen LogP) is 3.45. The van der Waals surface area contributed by atoms with Crippen molar-refractivity contribution in [3.63, 3.8) is 0 Å². The van der Waals surface area contributed by atoms with Crippen LogP contribution in [0.15, 0.2) is 18.2 Å². The molecule has 2 amide bonds. The zero-order valence-electron chi connectivity index (χ0n) is 11.4. The summed E-state index contributed by atoms with van der Waals surface area (Å²) in [6, 6.07) is 3.89. The molecule has 1 fully saturated rings. The van der Waals surface area contributed by atoms with Gasteiger partial charge in [0.1, 0.15) is 0 Å². The van der Waals surface area contributed by atoms with Crippen molar-refractivity contribution in [2.45, 2.75) is 24.5 Å². The lowest BCUT2D eigenvalue weighted by Gasteiger charge is -2.21. The van der Waals surface area contributed by atoms with E-state index in [9.17, 15) is 9.59 Å². The first-order chi connectivity index (χ1) is 10.0. The fraction of sp³-hybridized carbons (Fsp3) is 0.429. The van der Waals surface area contributed by atoms with Crippen molar-refractivity contribution in [3.05, 3.63) is 28.8 Å². The summed E-state index contributed by atoms with van der Waals surface area (Å²) in [7, 11) is 0. The second-order valence-corrected chi connectivity index (χ2v) is 6.70. The van der Waals surface area contributed by atoms with Crippen LogP contribution >= 0.6 is 23.4 Å². The molecular weight excluding hydrogens is 312 g/mol. The van der Waals surface area contributed by atoms with Gasteiger partial charge in [-0.1, -0.05) is 18.0 Å². The summed E-state index contributed by atoms with van der Waals surface area (Å²) in [6.45, 7) is 0.614. The molecular formula is C14H17ClN2O3S. The summed E-state index contributed by atoms with van der Waals surface area (Å²) in [4.78, 5) is 22.8. The Kier molecular flexibility index (Phi) is 5.76. The highest BCUT2D eigenvalue weighted by Crippen LogP contribution is 2.24. The van der Waals surface area contributed by atoms with Gasteiger partial charge in [0, 0.05) is 22.5 Å². The third-order valence-corrected chi connectivity index (χ3v) is 4.78. The van der Waals surface area contributed by atoms with Gasteiger partial charge in [-0.25, -0.2) is 9.59 Å². The number of hydrogen-bond donors (Lipinski definition) is 3. The Morgan fingerprint density at radius 1 is 1.33 bits per heavy atom. The first-order valence-electron chi connectivity index (χ1n) is 6.75. The van der Waals surface area contributed by atoms with Crippen LogP contribution in [-0.4, -0.2) is 34.7 Å². The van der Waals surface area contributed by atoms with E-state index in [0.29, 0.717) is 17.5 Å². The van der Waals surface area contributed by atoms with Gasteiger partial charge in [-0.2, -0.15) is 11.8 Å². The standard InChI is InChI=1S/C14H17ClN2O3S/c15-10-5-9(13(18)19)6-11(7-10)17-14(20)16-8-12-3-1-2-4-21-12/h5-7,12H,1-4,8H2,(H,18,19)(H2,16,17,20). The van der Waals surface area contributed by atoms with E-state index >= 15 is 0 Å². The van der Waals surface area contributed by atoms with Crippen LogP contribution < -0.4 is 10.6 Å². The molecule has 1 unspecified atom stereocenters. The summed E-state index contributed by atoms with van der Waals surface area (Å²) in [5, 5.41) is 15.1. The molecule has 0 aromatic heterocycles. The summed E-state index contributed by atoms with van der Waals surface area (Å²) >= 11 is 7.72. The van der Waals surface area contributed by atoms with E-state index in [2.05, 4.69) is 10.6 Å². The van der Waals surface area contributed by atoms with Crippen LogP contribution in [0, 0.1) is 0 Å². The number of benzene rings is 1. The molecule has 0 bridgehead atoms. The van der Waals surface area contributed by atoms with E-state index in [-0.39, 0.29) is 16.6 Å². The number of thioether (sulfide) groups is 1. The van der Waals surface area contributed by atoms with Crippen LogP contribution in [0.3, 0.4) is 0 Å². The number of amides is 2. The van der Waals surface area contributed by atoms with E-state index in [1.54, 1.807) is 0 Å². The highest BCUT2D eigenvalue weighted by Gasteiger charge is 2.15. The van der Waals surface area contributed by atoms with Crippen molar-refractivity contribution < 1.29 is 14.7 Å². The molecule has 1 aliphatic rings. The van der Waals surface area contributed by atoms with E-state index in [1.165, 1.54) is 31.0 Å². The lowest BCUT2D eigenvalue weighted by molar-refractivity contribution is 0.0697. The molecule has 0 radical (unpaired) electrons. The molecule has 1 aromatic rings. The minimum absolute atomic E-state index is 0.0423. The number of hydrogen-bond acceptors (Lipinski definition) is 3. The van der Waals surface area contributed by atoms with Crippen LogP contribution in [0.2, 0.25) is 5.02 Å². The Hall–Kier alpha value is -1.40. The van der Waals surface area contributed by atoms with Gasteiger partial charge < -0.3 is 15.7 Å². The van der Waals surface area contributed by atoms with Crippen LogP contribution in [-0.2, 0) is 0 Å². The van der Waals surface area contributed by atoms with Crippen LogP contribution in [0.5, 0.6) is 0 Å². The summed E-state index contributed by atoms with van der Waals surface area (Å²) in [5.74, 6) is 0.0593. The third-order valence-electron chi connectivity index (χ3n) is 3.17. The molecule has 7 heteroatoms. The van der Waals surface area contributed by atoms with E-state index < -0.39 is 5.97 Å². The molecule has 21 heavy (non-hydrogen) atoms. The van der Waals surface area contributed by atoms with E-state index in [4.69, 9.17) is 16.7 Å². The lowest BCUT2D eigenvalue weighted by atomic mass is 10.2. The molecule has 1 atom stereocenters. The van der Waals surface area contributed by atoms with E-state index in [1.807, 2.05) is 11.8 Å². The Balaban J connectivity index is 1.88. The second kappa shape index (κ2) is 7.56. The Labute approximate surface area is 132 Å². The fourth-order valence-electron chi connectivity index (χ4n) is 2.14. The number of carbonyl (C=O) groups excluding carboxylic acids is 1. The smallest absolute Gasteiger partial charge is 0.335 e. The van der Waals surface area contributed by atoms with Crippen molar-refractivity contribution in [3.8, 4) is 0 Å².